The maximum Gasteiger partial charge on any atom is 0.328 e. The Morgan fingerprint density at radius 3 is 2.36 bits per heavy atom. The number of rotatable bonds is 3. The van der Waals surface area contributed by atoms with Crippen molar-refractivity contribution in [3.05, 3.63) is 70.8 Å². The van der Waals surface area contributed by atoms with E-state index in [1.807, 2.05) is 35.8 Å². The predicted molar refractivity (Wildman–Crippen MR) is 96.6 cm³/mol. The molecule has 128 valence electrons. The van der Waals surface area contributed by atoms with E-state index in [0.717, 1.165) is 5.56 Å². The van der Waals surface area contributed by atoms with Crippen molar-refractivity contribution in [2.24, 2.45) is 0 Å². The van der Waals surface area contributed by atoms with Crippen LogP contribution in [0, 0.1) is 6.92 Å². The summed E-state index contributed by atoms with van der Waals surface area (Å²) in [5, 5.41) is 2.90. The smallest absolute Gasteiger partial charge is 0.317 e. The largest absolute Gasteiger partial charge is 0.328 e. The molecule has 0 aromatic heterocycles. The molecule has 0 heterocycles. The first kappa shape index (κ1) is 18.2. The second kappa shape index (κ2) is 8.65. The number of amides is 3. The van der Waals surface area contributed by atoms with E-state index in [4.69, 9.17) is 11.6 Å². The number of carbonyl (C=O) groups is 3. The lowest BCUT2D eigenvalue weighted by atomic mass is 10.2. The second-order valence-corrected chi connectivity index (χ2v) is 5.46. The highest BCUT2D eigenvalue weighted by Crippen LogP contribution is 2.22. The minimum Gasteiger partial charge on any atom is -0.317 e. The van der Waals surface area contributed by atoms with Crippen LogP contribution < -0.4 is 16.2 Å². The van der Waals surface area contributed by atoms with Gasteiger partial charge in [0.1, 0.15) is 0 Å². The first-order valence-corrected chi connectivity index (χ1v) is 7.74. The van der Waals surface area contributed by atoms with E-state index < -0.39 is 17.7 Å². The Balaban J connectivity index is 1.85. The quantitative estimate of drug-likeness (QED) is 0.448. The molecular weight excluding hydrogens is 342 g/mol. The van der Waals surface area contributed by atoms with Gasteiger partial charge in [0.2, 0.25) is 0 Å². The van der Waals surface area contributed by atoms with Crippen molar-refractivity contribution in [2.75, 3.05) is 5.32 Å². The number of nitrogens with one attached hydrogen (secondary N) is 3. The summed E-state index contributed by atoms with van der Waals surface area (Å²) in [5.74, 6) is -2.48. The van der Waals surface area contributed by atoms with Gasteiger partial charge in [-0.3, -0.25) is 25.2 Å². The summed E-state index contributed by atoms with van der Waals surface area (Å²) in [6, 6.07) is 14.1. The van der Waals surface area contributed by atoms with Gasteiger partial charge in [-0.05, 0) is 36.3 Å². The zero-order chi connectivity index (χ0) is 18.2. The van der Waals surface area contributed by atoms with E-state index in [2.05, 4.69) is 10.7 Å². The van der Waals surface area contributed by atoms with E-state index >= 15 is 0 Å². The summed E-state index contributed by atoms with van der Waals surface area (Å²) in [5.41, 5.74) is 6.06. The standard InChI is InChI=1S/C18H16ClN3O3/c1-12-14(19)8-5-9-15(12)20-17(24)18(25)22-21-16(23)11-10-13-6-3-2-4-7-13/h2-11H,1H3,(H,20,24)(H,21,23)(H,22,25)/b11-10+. The monoisotopic (exact) mass is 357 g/mol. The molecule has 25 heavy (non-hydrogen) atoms. The van der Waals surface area contributed by atoms with Gasteiger partial charge in [-0.2, -0.15) is 0 Å². The molecule has 0 aliphatic heterocycles. The zero-order valence-electron chi connectivity index (χ0n) is 13.4. The number of anilines is 1. The van der Waals surface area contributed by atoms with Gasteiger partial charge in [-0.15, -0.1) is 0 Å². The van der Waals surface area contributed by atoms with Gasteiger partial charge < -0.3 is 5.32 Å². The molecule has 0 atom stereocenters. The number of hydrogen-bond donors (Lipinski definition) is 3. The maximum atomic E-state index is 11.8. The highest BCUT2D eigenvalue weighted by atomic mass is 35.5. The first-order valence-electron chi connectivity index (χ1n) is 7.37. The Morgan fingerprint density at radius 2 is 1.64 bits per heavy atom. The van der Waals surface area contributed by atoms with Crippen molar-refractivity contribution < 1.29 is 14.4 Å². The molecule has 3 amide bonds. The van der Waals surface area contributed by atoms with Crippen molar-refractivity contribution >= 4 is 41.1 Å². The van der Waals surface area contributed by atoms with Crippen molar-refractivity contribution in [3.63, 3.8) is 0 Å². The number of hydrazine groups is 1. The van der Waals surface area contributed by atoms with Gasteiger partial charge in [0.25, 0.3) is 5.91 Å². The number of halogens is 1. The van der Waals surface area contributed by atoms with E-state index in [0.29, 0.717) is 16.3 Å². The highest BCUT2D eigenvalue weighted by Gasteiger charge is 2.15. The van der Waals surface area contributed by atoms with Gasteiger partial charge in [0.15, 0.2) is 0 Å². The van der Waals surface area contributed by atoms with E-state index in [-0.39, 0.29) is 0 Å². The molecule has 6 nitrogen and oxygen atoms in total. The van der Waals surface area contributed by atoms with Crippen LogP contribution in [0.25, 0.3) is 6.08 Å². The molecule has 2 rings (SSSR count). The number of benzene rings is 2. The molecule has 0 aliphatic carbocycles. The summed E-state index contributed by atoms with van der Waals surface area (Å²) >= 11 is 5.95. The number of carbonyl (C=O) groups excluding carboxylic acids is 3. The van der Waals surface area contributed by atoms with Crippen LogP contribution in [0.4, 0.5) is 5.69 Å². The minimum atomic E-state index is -0.999. The molecule has 0 unspecified atom stereocenters. The second-order valence-electron chi connectivity index (χ2n) is 5.05. The fraction of sp³-hybridized carbons (Fsp3) is 0.0556. The normalized spacial score (nSPS) is 10.3. The van der Waals surface area contributed by atoms with Gasteiger partial charge in [0, 0.05) is 16.8 Å². The summed E-state index contributed by atoms with van der Waals surface area (Å²) in [7, 11) is 0. The van der Waals surface area contributed by atoms with Crippen LogP contribution in [0.15, 0.2) is 54.6 Å². The van der Waals surface area contributed by atoms with Crippen LogP contribution in [0.5, 0.6) is 0 Å². The fourth-order valence-corrected chi connectivity index (χ4v) is 2.05. The molecular formula is C18H16ClN3O3. The molecule has 0 spiro atoms. The van der Waals surface area contributed by atoms with E-state index in [9.17, 15) is 14.4 Å². The molecule has 0 radical (unpaired) electrons. The van der Waals surface area contributed by atoms with E-state index in [1.54, 1.807) is 31.2 Å². The van der Waals surface area contributed by atoms with Gasteiger partial charge >= 0.3 is 11.8 Å². The Hall–Kier alpha value is -3.12. The summed E-state index contributed by atoms with van der Waals surface area (Å²) in [4.78, 5) is 35.2. The first-order chi connectivity index (χ1) is 12.0. The Morgan fingerprint density at radius 1 is 0.920 bits per heavy atom. The molecule has 0 fully saturated rings. The third-order valence-corrected chi connectivity index (χ3v) is 3.66. The average molecular weight is 358 g/mol. The van der Waals surface area contributed by atoms with Gasteiger partial charge in [-0.1, -0.05) is 48.0 Å². The van der Waals surface area contributed by atoms with Gasteiger partial charge in [-0.25, -0.2) is 0 Å². The molecule has 2 aromatic rings. The lowest BCUT2D eigenvalue weighted by molar-refractivity contribution is -0.137. The molecule has 7 heteroatoms. The van der Waals surface area contributed by atoms with Crippen molar-refractivity contribution in [2.45, 2.75) is 6.92 Å². The average Bonchev–Trinajstić information content (AvgIpc) is 2.62. The highest BCUT2D eigenvalue weighted by molar-refractivity contribution is 6.40. The topological polar surface area (TPSA) is 87.3 Å². The summed E-state index contributed by atoms with van der Waals surface area (Å²) in [6.45, 7) is 1.71. The molecule has 0 aliphatic rings. The van der Waals surface area contributed by atoms with Crippen LogP contribution in [-0.4, -0.2) is 17.7 Å². The Labute approximate surface area is 149 Å². The molecule has 0 saturated carbocycles. The van der Waals surface area contributed by atoms with Crippen LogP contribution in [0.1, 0.15) is 11.1 Å². The van der Waals surface area contributed by atoms with Crippen LogP contribution in [0.3, 0.4) is 0 Å². The van der Waals surface area contributed by atoms with Gasteiger partial charge in [0.05, 0.1) is 0 Å². The number of hydrogen-bond acceptors (Lipinski definition) is 3. The molecule has 2 aromatic carbocycles. The lowest BCUT2D eigenvalue weighted by Gasteiger charge is -2.09. The molecule has 0 bridgehead atoms. The third-order valence-electron chi connectivity index (χ3n) is 3.25. The van der Waals surface area contributed by atoms with Crippen LogP contribution in [0.2, 0.25) is 5.02 Å². The zero-order valence-corrected chi connectivity index (χ0v) is 14.1. The molecule has 3 N–H and O–H groups in total. The minimum absolute atomic E-state index is 0.419. The SMILES string of the molecule is Cc1c(Cl)cccc1NC(=O)C(=O)NNC(=O)/C=C/c1ccccc1. The van der Waals surface area contributed by atoms with Crippen molar-refractivity contribution in [3.8, 4) is 0 Å². The third kappa shape index (κ3) is 5.47. The maximum absolute atomic E-state index is 11.8. The predicted octanol–water partition coefficient (Wildman–Crippen LogP) is 2.45. The van der Waals surface area contributed by atoms with Crippen molar-refractivity contribution in [1.82, 2.24) is 10.9 Å². The Bertz CT molecular complexity index is 820. The van der Waals surface area contributed by atoms with Crippen LogP contribution in [-0.2, 0) is 14.4 Å². The van der Waals surface area contributed by atoms with Crippen LogP contribution >= 0.6 is 11.6 Å². The van der Waals surface area contributed by atoms with Crippen molar-refractivity contribution in [1.29, 1.82) is 0 Å². The fourth-order valence-electron chi connectivity index (χ4n) is 1.87. The summed E-state index contributed by atoms with van der Waals surface area (Å²) in [6.07, 6.45) is 2.82. The summed E-state index contributed by atoms with van der Waals surface area (Å²) < 4.78 is 0. The lowest BCUT2D eigenvalue weighted by Crippen LogP contribution is -2.46. The Kier molecular flexibility index (Phi) is 6.31. The molecule has 0 saturated heterocycles. The van der Waals surface area contributed by atoms with E-state index in [1.165, 1.54) is 6.08 Å².